The highest BCUT2D eigenvalue weighted by atomic mass is 16.4. The quantitative estimate of drug-likeness (QED) is 0.0411. The van der Waals surface area contributed by atoms with E-state index >= 15 is 0 Å². The highest BCUT2D eigenvalue weighted by Gasteiger charge is 2.38. The van der Waals surface area contributed by atoms with Gasteiger partial charge in [-0.05, 0) is 78.3 Å². The van der Waals surface area contributed by atoms with E-state index in [1.165, 1.54) is 103 Å². The van der Waals surface area contributed by atoms with Crippen molar-refractivity contribution in [3.05, 3.63) is 24.3 Å². The Kier molecular flexibility index (Phi) is 32.9. The number of ketones is 2. The lowest BCUT2D eigenvalue weighted by Crippen LogP contribution is -2.41. The van der Waals surface area contributed by atoms with Crippen LogP contribution in [-0.4, -0.2) is 48.2 Å². The minimum Gasteiger partial charge on any atom is -0.481 e. The van der Waals surface area contributed by atoms with Crippen LogP contribution in [0.2, 0.25) is 0 Å². The zero-order chi connectivity index (χ0) is 34.8. The third-order valence-electron chi connectivity index (χ3n) is 9.35. The summed E-state index contributed by atoms with van der Waals surface area (Å²) >= 11 is 0. The van der Waals surface area contributed by atoms with E-state index in [2.05, 4.69) is 38.2 Å². The summed E-state index contributed by atoms with van der Waals surface area (Å²) < 4.78 is 0. The summed E-state index contributed by atoms with van der Waals surface area (Å²) in [6.45, 7) is 4.72. The Balaban J connectivity index is 4.32. The molecule has 0 saturated heterocycles. The maximum Gasteiger partial charge on any atom is 0.308 e. The molecule has 0 fully saturated rings. The molecule has 5 heteroatoms. The summed E-state index contributed by atoms with van der Waals surface area (Å²) in [7, 11) is 3.60. The van der Waals surface area contributed by atoms with E-state index < -0.39 is 17.8 Å². The molecular weight excluding hydrogens is 582 g/mol. The minimum atomic E-state index is -1.04. The average Bonchev–Trinajstić information content (AvgIpc) is 3.04. The van der Waals surface area contributed by atoms with Crippen molar-refractivity contribution in [3.63, 3.8) is 0 Å². The van der Waals surface area contributed by atoms with Crippen molar-refractivity contribution in [2.24, 2.45) is 11.8 Å². The Hall–Kier alpha value is -1.75. The number of allylic oxidation sites excluding steroid dienone is 4. The summed E-state index contributed by atoms with van der Waals surface area (Å²) in [6.07, 6.45) is 40.8. The average molecular weight is 660 g/mol. The van der Waals surface area contributed by atoms with Gasteiger partial charge in [0, 0.05) is 19.4 Å². The first-order valence-corrected chi connectivity index (χ1v) is 20.1. The number of rotatable bonds is 36. The summed E-state index contributed by atoms with van der Waals surface area (Å²) in [6, 6.07) is 0. The van der Waals surface area contributed by atoms with Crippen LogP contribution >= 0.6 is 0 Å². The van der Waals surface area contributed by atoms with Crippen molar-refractivity contribution in [2.45, 2.75) is 194 Å². The lowest BCUT2D eigenvalue weighted by Gasteiger charge is -2.24. The van der Waals surface area contributed by atoms with Crippen LogP contribution in [0.1, 0.15) is 194 Å². The zero-order valence-electron chi connectivity index (χ0n) is 31.6. The first kappa shape index (κ1) is 45.2. The molecule has 1 atom stereocenters. The second-order valence-electron chi connectivity index (χ2n) is 14.3. The molecule has 274 valence electrons. The lowest BCUT2D eigenvalue weighted by molar-refractivity contribution is -0.151. The fourth-order valence-electron chi connectivity index (χ4n) is 6.40. The Morgan fingerprint density at radius 1 is 0.489 bits per heavy atom. The number of unbranched alkanes of at least 4 members (excludes halogenated alkanes) is 22. The highest BCUT2D eigenvalue weighted by molar-refractivity contribution is 6.05. The molecular formula is C42H77NO4. The van der Waals surface area contributed by atoms with E-state index in [1.807, 2.05) is 0 Å². The summed E-state index contributed by atoms with van der Waals surface area (Å²) in [5.74, 6) is -3.39. The second kappa shape index (κ2) is 34.1. The lowest BCUT2D eigenvalue weighted by atomic mass is 9.81. The van der Waals surface area contributed by atoms with E-state index in [9.17, 15) is 19.5 Å². The first-order chi connectivity index (χ1) is 22.8. The number of hydrogen-bond donors (Lipinski definition) is 1. The standard InChI is InChI=1S/C42H77NO4/c1-5-7-9-11-13-15-17-19-21-23-25-27-29-31-33-35-39(44)41(38(42(46)47)37-43(3)4)40(45)36-34-32-30-28-26-24-22-20-18-16-14-12-10-8-6-2/h19-22,38,41H,5-18,23-37H2,1-4H3,(H,46,47)/b21-19-,22-20-. The molecule has 0 radical (unpaired) electrons. The largest absolute Gasteiger partial charge is 0.481 e. The molecule has 0 aromatic heterocycles. The molecule has 0 aromatic carbocycles. The van der Waals surface area contributed by atoms with Gasteiger partial charge >= 0.3 is 5.97 Å². The van der Waals surface area contributed by atoms with Crippen LogP contribution in [0.15, 0.2) is 24.3 Å². The van der Waals surface area contributed by atoms with Gasteiger partial charge in [-0.3, -0.25) is 14.4 Å². The molecule has 0 amide bonds. The van der Waals surface area contributed by atoms with Crippen molar-refractivity contribution in [1.29, 1.82) is 0 Å². The summed E-state index contributed by atoms with van der Waals surface area (Å²) in [5.41, 5.74) is 0. The molecule has 1 unspecified atom stereocenters. The van der Waals surface area contributed by atoms with E-state index in [-0.39, 0.29) is 18.1 Å². The van der Waals surface area contributed by atoms with Gasteiger partial charge in [-0.25, -0.2) is 0 Å². The van der Waals surface area contributed by atoms with Gasteiger partial charge in [0.15, 0.2) is 0 Å². The van der Waals surface area contributed by atoms with Crippen LogP contribution in [0, 0.1) is 11.8 Å². The van der Waals surface area contributed by atoms with Crippen molar-refractivity contribution < 1.29 is 19.5 Å². The Bertz CT molecular complexity index is 750. The molecule has 0 rings (SSSR count). The number of carboxylic acid groups (broad SMARTS) is 1. The number of carboxylic acids is 1. The molecule has 5 nitrogen and oxygen atoms in total. The van der Waals surface area contributed by atoms with Gasteiger partial charge in [0.05, 0.1) is 11.8 Å². The smallest absolute Gasteiger partial charge is 0.308 e. The van der Waals surface area contributed by atoms with E-state index in [0.29, 0.717) is 12.8 Å². The van der Waals surface area contributed by atoms with Gasteiger partial charge in [0.2, 0.25) is 0 Å². The van der Waals surface area contributed by atoms with Crippen LogP contribution in [0.25, 0.3) is 0 Å². The molecule has 0 aliphatic rings. The maximum absolute atomic E-state index is 13.3. The van der Waals surface area contributed by atoms with Gasteiger partial charge in [-0.1, -0.05) is 141 Å². The fraction of sp³-hybridized carbons (Fsp3) is 0.833. The number of Topliss-reactive ketones (excluding diaryl/α,β-unsaturated/α-hetero) is 2. The van der Waals surface area contributed by atoms with E-state index in [4.69, 9.17) is 0 Å². The van der Waals surface area contributed by atoms with Gasteiger partial charge in [0.25, 0.3) is 0 Å². The predicted molar refractivity (Wildman–Crippen MR) is 202 cm³/mol. The van der Waals surface area contributed by atoms with Crippen LogP contribution < -0.4 is 0 Å². The van der Waals surface area contributed by atoms with Gasteiger partial charge < -0.3 is 10.0 Å². The molecule has 0 heterocycles. The van der Waals surface area contributed by atoms with Gasteiger partial charge in [0.1, 0.15) is 11.6 Å². The van der Waals surface area contributed by atoms with Crippen molar-refractivity contribution in [2.75, 3.05) is 20.6 Å². The predicted octanol–water partition coefficient (Wildman–Crippen LogP) is 12.1. The monoisotopic (exact) mass is 660 g/mol. The molecule has 47 heavy (non-hydrogen) atoms. The number of carbonyl (C=O) groups is 3. The Labute approximate surface area is 291 Å². The summed E-state index contributed by atoms with van der Waals surface area (Å²) in [4.78, 5) is 40.5. The second-order valence-corrected chi connectivity index (χ2v) is 14.3. The third-order valence-corrected chi connectivity index (χ3v) is 9.35. The zero-order valence-corrected chi connectivity index (χ0v) is 31.6. The Morgan fingerprint density at radius 3 is 1.09 bits per heavy atom. The SMILES string of the molecule is CCCCCCCC/C=C\CCCCCCCC(=O)C(C(=O)CCCCCCC/C=C\CCCCCCCC)C(CN(C)C)C(=O)O. The van der Waals surface area contributed by atoms with Gasteiger partial charge in [-0.2, -0.15) is 0 Å². The maximum atomic E-state index is 13.3. The first-order valence-electron chi connectivity index (χ1n) is 20.1. The van der Waals surface area contributed by atoms with Crippen LogP contribution in [0.3, 0.4) is 0 Å². The number of carbonyl (C=O) groups excluding carboxylic acids is 2. The van der Waals surface area contributed by atoms with Crippen LogP contribution in [0.4, 0.5) is 0 Å². The van der Waals surface area contributed by atoms with Crippen molar-refractivity contribution >= 4 is 17.5 Å². The molecule has 1 N–H and O–H groups in total. The molecule has 0 aliphatic heterocycles. The van der Waals surface area contributed by atoms with Gasteiger partial charge in [-0.15, -0.1) is 0 Å². The minimum absolute atomic E-state index is 0.172. The number of nitrogens with zero attached hydrogens (tertiary/aromatic N) is 1. The normalized spacial score (nSPS) is 12.6. The molecule has 0 bridgehead atoms. The van der Waals surface area contributed by atoms with Crippen LogP contribution in [-0.2, 0) is 14.4 Å². The summed E-state index contributed by atoms with van der Waals surface area (Å²) in [5, 5.41) is 9.96. The number of aliphatic carboxylic acids is 1. The van der Waals surface area contributed by atoms with E-state index in [0.717, 1.165) is 64.2 Å². The molecule has 0 spiro atoms. The molecule has 0 saturated carbocycles. The van der Waals surface area contributed by atoms with Crippen molar-refractivity contribution in [3.8, 4) is 0 Å². The number of hydrogen-bond acceptors (Lipinski definition) is 4. The topological polar surface area (TPSA) is 74.7 Å². The van der Waals surface area contributed by atoms with E-state index in [1.54, 1.807) is 19.0 Å². The molecule has 0 aromatic rings. The van der Waals surface area contributed by atoms with Crippen molar-refractivity contribution in [1.82, 2.24) is 4.90 Å². The highest BCUT2D eigenvalue weighted by Crippen LogP contribution is 2.23. The Morgan fingerprint density at radius 2 is 0.787 bits per heavy atom. The third kappa shape index (κ3) is 28.9. The fourth-order valence-corrected chi connectivity index (χ4v) is 6.40. The van der Waals surface area contributed by atoms with Crippen LogP contribution in [0.5, 0.6) is 0 Å². The molecule has 0 aliphatic carbocycles.